The van der Waals surface area contributed by atoms with Crippen LogP contribution in [-0.4, -0.2) is 18.3 Å². The summed E-state index contributed by atoms with van der Waals surface area (Å²) in [5.74, 6) is 0.826. The first-order valence-corrected chi connectivity index (χ1v) is 14.6. The molecule has 0 amide bonds. The van der Waals surface area contributed by atoms with Gasteiger partial charge >= 0.3 is 5.97 Å². The molecule has 0 aliphatic heterocycles. The average molecular weight is 507 g/mol. The molecule has 0 fully saturated rings. The van der Waals surface area contributed by atoms with Crippen molar-refractivity contribution >= 4 is 17.7 Å². The highest BCUT2D eigenvalue weighted by Crippen LogP contribution is 2.31. The molecule has 1 aromatic carbocycles. The number of rotatable bonds is 20. The van der Waals surface area contributed by atoms with Gasteiger partial charge in [-0.1, -0.05) is 110 Å². The number of ether oxygens (including phenoxy) is 1. The van der Waals surface area contributed by atoms with Gasteiger partial charge in [0.15, 0.2) is 0 Å². The van der Waals surface area contributed by atoms with Crippen LogP contribution < -0.4 is 0 Å². The quantitative estimate of drug-likeness (QED) is 0.0999. The van der Waals surface area contributed by atoms with Gasteiger partial charge in [-0.05, 0) is 76.0 Å². The summed E-state index contributed by atoms with van der Waals surface area (Å²) in [6.45, 7) is 4.44. The molecule has 1 unspecified atom stereocenters. The summed E-state index contributed by atoms with van der Waals surface area (Å²) < 4.78 is 5.27. The van der Waals surface area contributed by atoms with E-state index in [0.717, 1.165) is 69.1 Å². The third kappa shape index (κ3) is 17.8. The number of carbonyl (C=O) groups excluding carboxylic acids is 1. The van der Waals surface area contributed by atoms with Crippen LogP contribution in [0, 0.1) is 0 Å². The summed E-state index contributed by atoms with van der Waals surface area (Å²) >= 11 is 1.69. The van der Waals surface area contributed by atoms with Gasteiger partial charge in [0.25, 0.3) is 0 Å². The minimum absolute atomic E-state index is 0.134. The monoisotopic (exact) mass is 506 g/mol. The molecule has 0 bridgehead atoms. The molecule has 0 N–H and O–H groups in total. The molecule has 3 heteroatoms. The summed E-state index contributed by atoms with van der Waals surface area (Å²) in [6, 6.07) is 9.94. The largest absolute Gasteiger partial charge is 0.465 e. The van der Waals surface area contributed by atoms with Crippen molar-refractivity contribution in [1.82, 2.24) is 0 Å². The maximum absolute atomic E-state index is 12.3. The van der Waals surface area contributed by atoms with E-state index >= 15 is 0 Å². The van der Waals surface area contributed by atoms with E-state index in [9.17, 15) is 4.79 Å². The highest BCUT2D eigenvalue weighted by Gasteiger charge is 2.21. The summed E-state index contributed by atoms with van der Waals surface area (Å²) in [5, 5.41) is -0.225. The Bertz CT molecular complexity index is 831. The van der Waals surface area contributed by atoms with Crippen molar-refractivity contribution in [1.29, 1.82) is 0 Å². The number of carbonyl (C=O) groups is 1. The summed E-state index contributed by atoms with van der Waals surface area (Å²) in [5.41, 5.74) is 1.03. The molecule has 0 aliphatic rings. The second kappa shape index (κ2) is 24.2. The SMILES string of the molecule is CC/C=C\C/C=C\C/C=C\C/C=C\C/C=C\C/C=C\CCCCSC(C(=O)OCC)c1ccccc1. The molecule has 196 valence electrons. The molecular formula is C33H46O2S. The summed E-state index contributed by atoms with van der Waals surface area (Å²) in [6.07, 6.45) is 36.2. The first-order valence-electron chi connectivity index (χ1n) is 13.5. The fraction of sp³-hybridized carbons (Fsp3) is 0.424. The molecule has 0 saturated carbocycles. The van der Waals surface area contributed by atoms with Crippen molar-refractivity contribution in [3.8, 4) is 0 Å². The van der Waals surface area contributed by atoms with Crippen LogP contribution in [0.4, 0.5) is 0 Å². The van der Waals surface area contributed by atoms with Gasteiger partial charge in [0.05, 0.1) is 6.61 Å². The molecule has 0 heterocycles. The maximum Gasteiger partial charge on any atom is 0.323 e. The molecule has 1 aromatic rings. The van der Waals surface area contributed by atoms with Gasteiger partial charge in [0.2, 0.25) is 0 Å². The van der Waals surface area contributed by atoms with E-state index in [1.807, 2.05) is 37.3 Å². The summed E-state index contributed by atoms with van der Waals surface area (Å²) in [7, 11) is 0. The zero-order chi connectivity index (χ0) is 25.9. The van der Waals surface area contributed by atoms with Gasteiger partial charge in [-0.15, -0.1) is 11.8 Å². The van der Waals surface area contributed by atoms with Crippen molar-refractivity contribution < 1.29 is 9.53 Å². The predicted octanol–water partition coefficient (Wildman–Crippen LogP) is 9.89. The van der Waals surface area contributed by atoms with Crippen LogP contribution in [0.15, 0.2) is 103 Å². The van der Waals surface area contributed by atoms with Gasteiger partial charge in [-0.3, -0.25) is 4.79 Å². The normalized spacial score (nSPS) is 13.4. The second-order valence-corrected chi connectivity index (χ2v) is 9.54. The standard InChI is InChI=1S/C33H46O2S/c1-3-5-6-7-8-9-10-11-12-13-14-15-16-17-18-19-20-21-22-23-27-30-36-32(33(34)35-4-2)31-28-25-24-26-29-31/h5-6,8-9,11-12,14-15,17-18,20-21,24-26,28-29,32H,3-4,7,10,13,16,19,22-23,27,30H2,1-2H3/b6-5-,9-8-,12-11-,15-14-,18-17-,21-20-. The molecule has 0 spiro atoms. The van der Waals surface area contributed by atoms with E-state index in [2.05, 4.69) is 79.8 Å². The van der Waals surface area contributed by atoms with Crippen molar-refractivity contribution in [2.75, 3.05) is 12.4 Å². The number of allylic oxidation sites excluding steroid dienone is 12. The van der Waals surface area contributed by atoms with Gasteiger partial charge in [0, 0.05) is 0 Å². The predicted molar refractivity (Wildman–Crippen MR) is 160 cm³/mol. The molecule has 0 aliphatic carbocycles. The molecule has 1 atom stereocenters. The number of thioether (sulfide) groups is 1. The van der Waals surface area contributed by atoms with Crippen LogP contribution in [0.25, 0.3) is 0 Å². The first kappa shape index (κ1) is 31.5. The lowest BCUT2D eigenvalue weighted by Crippen LogP contribution is -2.13. The Morgan fingerprint density at radius 2 is 1.22 bits per heavy atom. The number of hydrogen-bond donors (Lipinski definition) is 0. The first-order chi connectivity index (χ1) is 17.8. The van der Waals surface area contributed by atoms with Crippen LogP contribution in [0.2, 0.25) is 0 Å². The Hall–Kier alpha value is -2.52. The Labute approximate surface area is 225 Å². The van der Waals surface area contributed by atoms with Gasteiger partial charge in [-0.2, -0.15) is 0 Å². The van der Waals surface area contributed by atoms with E-state index in [0.29, 0.717) is 6.61 Å². The topological polar surface area (TPSA) is 26.3 Å². The van der Waals surface area contributed by atoms with Crippen LogP contribution in [0.1, 0.15) is 82.4 Å². The molecule has 1 rings (SSSR count). The van der Waals surface area contributed by atoms with Crippen molar-refractivity contribution in [3.05, 3.63) is 109 Å². The van der Waals surface area contributed by atoms with E-state index in [1.54, 1.807) is 11.8 Å². The van der Waals surface area contributed by atoms with Crippen molar-refractivity contribution in [3.63, 3.8) is 0 Å². The second-order valence-electron chi connectivity index (χ2n) is 8.32. The van der Waals surface area contributed by atoms with E-state index in [4.69, 9.17) is 4.74 Å². The van der Waals surface area contributed by atoms with Gasteiger partial charge in [0.1, 0.15) is 5.25 Å². The highest BCUT2D eigenvalue weighted by atomic mass is 32.2. The summed E-state index contributed by atoms with van der Waals surface area (Å²) in [4.78, 5) is 12.3. The van der Waals surface area contributed by atoms with Crippen LogP contribution in [-0.2, 0) is 9.53 Å². The lowest BCUT2D eigenvalue weighted by Gasteiger charge is -2.15. The molecular weight excluding hydrogens is 460 g/mol. The maximum atomic E-state index is 12.3. The van der Waals surface area contributed by atoms with Crippen molar-refractivity contribution in [2.45, 2.75) is 76.9 Å². The Morgan fingerprint density at radius 3 is 1.72 bits per heavy atom. The fourth-order valence-electron chi connectivity index (χ4n) is 3.35. The highest BCUT2D eigenvalue weighted by molar-refractivity contribution is 8.00. The number of benzene rings is 1. The fourth-order valence-corrected chi connectivity index (χ4v) is 4.51. The smallest absolute Gasteiger partial charge is 0.323 e. The molecule has 0 radical (unpaired) electrons. The van der Waals surface area contributed by atoms with Crippen LogP contribution in [0.3, 0.4) is 0 Å². The van der Waals surface area contributed by atoms with Crippen LogP contribution >= 0.6 is 11.8 Å². The third-order valence-electron chi connectivity index (χ3n) is 5.25. The van der Waals surface area contributed by atoms with E-state index in [1.165, 1.54) is 0 Å². The average Bonchev–Trinajstić information content (AvgIpc) is 2.90. The minimum Gasteiger partial charge on any atom is -0.465 e. The zero-order valence-electron chi connectivity index (χ0n) is 22.4. The molecule has 2 nitrogen and oxygen atoms in total. The lowest BCUT2D eigenvalue weighted by atomic mass is 10.1. The van der Waals surface area contributed by atoms with Crippen molar-refractivity contribution in [2.24, 2.45) is 0 Å². The lowest BCUT2D eigenvalue weighted by molar-refractivity contribution is -0.142. The van der Waals surface area contributed by atoms with E-state index in [-0.39, 0.29) is 11.2 Å². The Morgan fingerprint density at radius 1 is 0.722 bits per heavy atom. The molecule has 0 saturated heterocycles. The van der Waals surface area contributed by atoms with Gasteiger partial charge in [-0.25, -0.2) is 0 Å². The Kier molecular flexibility index (Phi) is 21.2. The molecule has 0 aromatic heterocycles. The number of unbranched alkanes of at least 4 members (excludes halogenated alkanes) is 2. The Balaban J connectivity index is 2.07. The van der Waals surface area contributed by atoms with Gasteiger partial charge < -0.3 is 4.74 Å². The van der Waals surface area contributed by atoms with Crippen LogP contribution in [0.5, 0.6) is 0 Å². The zero-order valence-corrected chi connectivity index (χ0v) is 23.2. The molecule has 36 heavy (non-hydrogen) atoms. The minimum atomic E-state index is -0.225. The van der Waals surface area contributed by atoms with E-state index < -0.39 is 0 Å². The number of hydrogen-bond acceptors (Lipinski definition) is 3. The number of esters is 1. The third-order valence-corrected chi connectivity index (χ3v) is 6.57.